The SMILES string of the molecule is CC1(C)CNC(C2CCCCC2)CN1CC(F)F. The summed E-state index contributed by atoms with van der Waals surface area (Å²) in [5, 5.41) is 3.60. The van der Waals surface area contributed by atoms with Crippen LogP contribution in [0.15, 0.2) is 0 Å². The Hall–Kier alpha value is -0.220. The van der Waals surface area contributed by atoms with Crippen molar-refractivity contribution in [3.63, 3.8) is 0 Å². The molecule has 2 aliphatic rings. The third kappa shape index (κ3) is 3.41. The summed E-state index contributed by atoms with van der Waals surface area (Å²) >= 11 is 0. The predicted molar refractivity (Wildman–Crippen MR) is 70.0 cm³/mol. The standard InChI is InChI=1S/C14H26F2N2/c1-14(2)10-17-12(8-18(14)9-13(15)16)11-6-4-3-5-7-11/h11-13,17H,3-10H2,1-2H3. The molecule has 2 fully saturated rings. The highest BCUT2D eigenvalue weighted by Gasteiger charge is 2.37. The van der Waals surface area contributed by atoms with Gasteiger partial charge in [-0.15, -0.1) is 0 Å². The summed E-state index contributed by atoms with van der Waals surface area (Å²) in [5.41, 5.74) is -0.151. The topological polar surface area (TPSA) is 15.3 Å². The molecule has 18 heavy (non-hydrogen) atoms. The smallest absolute Gasteiger partial charge is 0.251 e. The van der Waals surface area contributed by atoms with Crippen LogP contribution in [0.5, 0.6) is 0 Å². The molecular weight excluding hydrogens is 234 g/mol. The summed E-state index contributed by atoms with van der Waals surface area (Å²) in [6, 6.07) is 0.414. The van der Waals surface area contributed by atoms with Gasteiger partial charge < -0.3 is 5.32 Å². The summed E-state index contributed by atoms with van der Waals surface area (Å²) in [5.74, 6) is 0.690. The molecule has 106 valence electrons. The zero-order chi connectivity index (χ0) is 13.2. The first-order valence-corrected chi connectivity index (χ1v) is 7.25. The predicted octanol–water partition coefficient (Wildman–Crippen LogP) is 2.88. The fourth-order valence-electron chi connectivity index (χ4n) is 3.38. The molecule has 1 saturated carbocycles. The summed E-state index contributed by atoms with van der Waals surface area (Å²) < 4.78 is 25.3. The number of piperazine rings is 1. The van der Waals surface area contributed by atoms with E-state index in [4.69, 9.17) is 0 Å². The zero-order valence-electron chi connectivity index (χ0n) is 11.6. The molecule has 0 aromatic rings. The highest BCUT2D eigenvalue weighted by Crippen LogP contribution is 2.30. The monoisotopic (exact) mass is 260 g/mol. The lowest BCUT2D eigenvalue weighted by Gasteiger charge is -2.48. The second-order valence-corrected chi connectivity index (χ2v) is 6.49. The van der Waals surface area contributed by atoms with Gasteiger partial charge in [-0.1, -0.05) is 19.3 Å². The number of nitrogens with zero attached hydrogens (tertiary/aromatic N) is 1. The number of nitrogens with one attached hydrogen (secondary N) is 1. The quantitative estimate of drug-likeness (QED) is 0.839. The van der Waals surface area contributed by atoms with Crippen molar-refractivity contribution in [3.05, 3.63) is 0 Å². The van der Waals surface area contributed by atoms with Crippen molar-refractivity contribution in [2.75, 3.05) is 19.6 Å². The molecule has 1 unspecified atom stereocenters. The van der Waals surface area contributed by atoms with Crippen LogP contribution in [0.3, 0.4) is 0 Å². The number of alkyl halides is 2. The normalized spacial score (nSPS) is 30.8. The van der Waals surface area contributed by atoms with Crippen molar-refractivity contribution >= 4 is 0 Å². The van der Waals surface area contributed by atoms with Crippen LogP contribution in [0.1, 0.15) is 46.0 Å². The largest absolute Gasteiger partial charge is 0.311 e. The van der Waals surface area contributed by atoms with Crippen LogP contribution in [-0.2, 0) is 0 Å². The summed E-state index contributed by atoms with van der Waals surface area (Å²) in [4.78, 5) is 1.98. The molecule has 0 aromatic heterocycles. The Bertz CT molecular complexity index is 263. The Labute approximate surface area is 109 Å². The molecule has 1 atom stereocenters. The van der Waals surface area contributed by atoms with Gasteiger partial charge in [-0.3, -0.25) is 4.90 Å². The molecule has 1 saturated heterocycles. The molecule has 1 aliphatic carbocycles. The fourth-order valence-corrected chi connectivity index (χ4v) is 3.38. The minimum absolute atomic E-state index is 0.0854. The summed E-state index contributed by atoms with van der Waals surface area (Å²) in [6.45, 7) is 5.62. The van der Waals surface area contributed by atoms with Crippen molar-refractivity contribution in [2.24, 2.45) is 5.92 Å². The molecule has 2 rings (SSSR count). The molecule has 0 aromatic carbocycles. The Kier molecular flexibility index (Phi) is 4.59. The Balaban J connectivity index is 1.95. The number of hydrogen-bond acceptors (Lipinski definition) is 2. The van der Waals surface area contributed by atoms with Crippen LogP contribution in [0.2, 0.25) is 0 Å². The Morgan fingerprint density at radius 2 is 1.89 bits per heavy atom. The molecular formula is C14H26F2N2. The average molecular weight is 260 g/mol. The summed E-state index contributed by atoms with van der Waals surface area (Å²) in [6.07, 6.45) is 4.26. The van der Waals surface area contributed by atoms with Gasteiger partial charge in [-0.2, -0.15) is 0 Å². The van der Waals surface area contributed by atoms with Crippen LogP contribution < -0.4 is 5.32 Å². The van der Waals surface area contributed by atoms with E-state index in [0.717, 1.165) is 13.1 Å². The van der Waals surface area contributed by atoms with Gasteiger partial charge in [-0.25, -0.2) is 8.78 Å². The zero-order valence-corrected chi connectivity index (χ0v) is 11.6. The lowest BCUT2D eigenvalue weighted by Crippen LogP contribution is -2.64. The van der Waals surface area contributed by atoms with Gasteiger partial charge >= 0.3 is 0 Å². The molecule has 1 N–H and O–H groups in total. The minimum atomic E-state index is -2.23. The van der Waals surface area contributed by atoms with Gasteiger partial charge in [0.05, 0.1) is 6.54 Å². The van der Waals surface area contributed by atoms with Crippen molar-refractivity contribution in [1.82, 2.24) is 10.2 Å². The number of hydrogen-bond donors (Lipinski definition) is 1. The minimum Gasteiger partial charge on any atom is -0.311 e. The molecule has 0 bridgehead atoms. The lowest BCUT2D eigenvalue weighted by atomic mass is 9.81. The molecule has 1 aliphatic heterocycles. The maximum absolute atomic E-state index is 12.7. The third-order valence-electron chi connectivity index (χ3n) is 4.65. The highest BCUT2D eigenvalue weighted by molar-refractivity contribution is 4.95. The van der Waals surface area contributed by atoms with Crippen molar-refractivity contribution in [2.45, 2.75) is 64.0 Å². The number of halogens is 2. The van der Waals surface area contributed by atoms with Gasteiger partial charge in [0.1, 0.15) is 0 Å². The third-order valence-corrected chi connectivity index (χ3v) is 4.65. The summed E-state index contributed by atoms with van der Waals surface area (Å²) in [7, 11) is 0. The maximum atomic E-state index is 12.7. The van der Waals surface area contributed by atoms with Crippen molar-refractivity contribution in [1.29, 1.82) is 0 Å². The fraction of sp³-hybridized carbons (Fsp3) is 1.00. The van der Waals surface area contributed by atoms with E-state index in [0.29, 0.717) is 12.0 Å². The van der Waals surface area contributed by atoms with Crippen LogP contribution in [0.25, 0.3) is 0 Å². The first-order valence-electron chi connectivity index (χ1n) is 7.25. The second kappa shape index (κ2) is 5.83. The molecule has 0 amide bonds. The van der Waals surface area contributed by atoms with E-state index in [2.05, 4.69) is 19.2 Å². The van der Waals surface area contributed by atoms with Gasteiger partial charge in [0.2, 0.25) is 0 Å². The van der Waals surface area contributed by atoms with Gasteiger partial charge in [-0.05, 0) is 32.6 Å². The van der Waals surface area contributed by atoms with E-state index >= 15 is 0 Å². The van der Waals surface area contributed by atoms with Crippen LogP contribution in [-0.4, -0.2) is 42.5 Å². The first-order chi connectivity index (χ1) is 8.49. The van der Waals surface area contributed by atoms with E-state index in [1.165, 1.54) is 32.1 Å². The van der Waals surface area contributed by atoms with Gasteiger partial charge in [0.15, 0.2) is 0 Å². The van der Waals surface area contributed by atoms with E-state index in [-0.39, 0.29) is 12.1 Å². The van der Waals surface area contributed by atoms with E-state index in [1.54, 1.807) is 0 Å². The maximum Gasteiger partial charge on any atom is 0.251 e. The van der Waals surface area contributed by atoms with E-state index in [1.807, 2.05) is 4.90 Å². The Morgan fingerprint density at radius 3 is 2.50 bits per heavy atom. The van der Waals surface area contributed by atoms with Crippen LogP contribution in [0.4, 0.5) is 8.78 Å². The van der Waals surface area contributed by atoms with Gasteiger partial charge in [0.25, 0.3) is 6.43 Å². The van der Waals surface area contributed by atoms with Crippen molar-refractivity contribution < 1.29 is 8.78 Å². The molecule has 0 radical (unpaired) electrons. The number of rotatable bonds is 3. The highest BCUT2D eigenvalue weighted by atomic mass is 19.3. The van der Waals surface area contributed by atoms with Gasteiger partial charge in [0, 0.05) is 24.7 Å². The molecule has 0 spiro atoms. The first kappa shape index (κ1) is 14.2. The van der Waals surface area contributed by atoms with Crippen LogP contribution in [0, 0.1) is 5.92 Å². The van der Waals surface area contributed by atoms with E-state index < -0.39 is 6.43 Å². The lowest BCUT2D eigenvalue weighted by molar-refractivity contribution is -0.00408. The molecule has 2 nitrogen and oxygen atoms in total. The van der Waals surface area contributed by atoms with Crippen molar-refractivity contribution in [3.8, 4) is 0 Å². The second-order valence-electron chi connectivity index (χ2n) is 6.49. The Morgan fingerprint density at radius 1 is 1.22 bits per heavy atom. The molecule has 4 heteroatoms. The van der Waals surface area contributed by atoms with E-state index in [9.17, 15) is 8.78 Å². The molecule has 1 heterocycles. The van der Waals surface area contributed by atoms with Crippen LogP contribution >= 0.6 is 0 Å². The average Bonchev–Trinajstić information content (AvgIpc) is 2.32.